The molecule has 7 nitrogen and oxygen atoms in total. The van der Waals surface area contributed by atoms with Gasteiger partial charge in [0.25, 0.3) is 5.91 Å². The van der Waals surface area contributed by atoms with E-state index in [1.807, 2.05) is 15.9 Å². The van der Waals surface area contributed by atoms with E-state index in [9.17, 15) is 13.6 Å². The van der Waals surface area contributed by atoms with E-state index in [1.54, 1.807) is 35.5 Å². The van der Waals surface area contributed by atoms with Crippen molar-refractivity contribution in [2.75, 3.05) is 42.6 Å². The topological polar surface area (TPSA) is 64.9 Å². The second kappa shape index (κ2) is 8.93. The van der Waals surface area contributed by atoms with Crippen LogP contribution in [-0.4, -0.2) is 59.8 Å². The first kappa shape index (κ1) is 21.0. The first-order valence-electron chi connectivity index (χ1n) is 10.7. The third kappa shape index (κ3) is 4.39. The summed E-state index contributed by atoms with van der Waals surface area (Å²) < 4.78 is 28.6. The van der Waals surface area contributed by atoms with E-state index in [-0.39, 0.29) is 11.7 Å². The fourth-order valence-electron chi connectivity index (χ4n) is 4.20. The predicted molar refractivity (Wildman–Crippen MR) is 122 cm³/mol. The van der Waals surface area contributed by atoms with Gasteiger partial charge in [-0.3, -0.25) is 9.79 Å². The Balaban J connectivity index is 1.30. The van der Waals surface area contributed by atoms with Gasteiger partial charge in [0.2, 0.25) is 5.95 Å². The summed E-state index contributed by atoms with van der Waals surface area (Å²) in [5.74, 6) is -0.408. The van der Waals surface area contributed by atoms with Crippen molar-refractivity contribution in [1.29, 1.82) is 0 Å². The number of anilines is 2. The minimum Gasteiger partial charge on any atom is -0.347 e. The molecule has 3 aromatic rings. The lowest BCUT2D eigenvalue weighted by molar-refractivity contribution is 0.0745. The van der Waals surface area contributed by atoms with Crippen LogP contribution in [0.5, 0.6) is 0 Å². The fraction of sp³-hybridized carbons (Fsp3) is 0.250. The van der Waals surface area contributed by atoms with E-state index < -0.39 is 5.82 Å². The second-order valence-electron chi connectivity index (χ2n) is 8.00. The molecule has 33 heavy (non-hydrogen) atoms. The minimum atomic E-state index is -0.479. The van der Waals surface area contributed by atoms with E-state index in [4.69, 9.17) is 0 Å². The Bertz CT molecular complexity index is 1190. The highest BCUT2D eigenvalue weighted by Crippen LogP contribution is 2.27. The first-order chi connectivity index (χ1) is 16.1. The number of hydrogen-bond donors (Lipinski definition) is 0. The molecule has 0 atom stereocenters. The Kier molecular flexibility index (Phi) is 5.68. The van der Waals surface area contributed by atoms with Gasteiger partial charge in [-0.25, -0.2) is 18.7 Å². The van der Waals surface area contributed by atoms with Crippen LogP contribution in [0.1, 0.15) is 21.5 Å². The summed E-state index contributed by atoms with van der Waals surface area (Å²) in [5.41, 5.74) is 2.04. The molecule has 3 heterocycles. The van der Waals surface area contributed by atoms with Crippen LogP contribution in [0.3, 0.4) is 0 Å². The van der Waals surface area contributed by atoms with Crippen LogP contribution in [0.4, 0.5) is 20.4 Å². The molecule has 9 heteroatoms. The lowest BCUT2D eigenvalue weighted by Crippen LogP contribution is -2.49. The molecule has 0 saturated carbocycles. The molecule has 0 radical (unpaired) electrons. The molecule has 1 fully saturated rings. The van der Waals surface area contributed by atoms with Crippen LogP contribution in [-0.2, 0) is 6.54 Å². The van der Waals surface area contributed by atoms with E-state index in [2.05, 4.69) is 15.0 Å². The predicted octanol–water partition coefficient (Wildman–Crippen LogP) is 3.11. The van der Waals surface area contributed by atoms with Crippen molar-refractivity contribution in [1.82, 2.24) is 14.9 Å². The largest absolute Gasteiger partial charge is 0.347 e. The summed E-state index contributed by atoms with van der Waals surface area (Å²) in [6.45, 7) is 2.84. The van der Waals surface area contributed by atoms with Crippen molar-refractivity contribution in [3.8, 4) is 0 Å². The quantitative estimate of drug-likeness (QED) is 0.614. The standard InChI is InChI=1S/C24H22F2N6O/c25-19-12-17(15-32-16-27-14-20-21(26)3-1-4-22(20)32)11-18(13-19)23(33)30-7-9-31(10-8-30)24-28-5-2-6-29-24/h1-6,11-14H,7-10,15-16H2. The summed E-state index contributed by atoms with van der Waals surface area (Å²) in [6.07, 6.45) is 4.89. The number of carbonyl (C=O) groups excluding carboxylic acids is 1. The summed E-state index contributed by atoms with van der Waals surface area (Å²) in [5, 5.41) is 0. The average Bonchev–Trinajstić information content (AvgIpc) is 2.84. The van der Waals surface area contributed by atoms with Crippen molar-refractivity contribution in [3.05, 3.63) is 83.2 Å². The fourth-order valence-corrected chi connectivity index (χ4v) is 4.20. The zero-order valence-electron chi connectivity index (χ0n) is 17.9. The van der Waals surface area contributed by atoms with E-state index in [0.29, 0.717) is 67.7 Å². The molecule has 0 N–H and O–H groups in total. The van der Waals surface area contributed by atoms with E-state index >= 15 is 0 Å². The molecule has 2 aromatic carbocycles. The molecule has 1 aromatic heterocycles. The Morgan fingerprint density at radius 3 is 2.55 bits per heavy atom. The number of benzene rings is 2. The monoisotopic (exact) mass is 448 g/mol. The van der Waals surface area contributed by atoms with Crippen LogP contribution in [0.25, 0.3) is 0 Å². The highest BCUT2D eigenvalue weighted by molar-refractivity contribution is 5.94. The second-order valence-corrected chi connectivity index (χ2v) is 8.00. The number of hydrogen-bond acceptors (Lipinski definition) is 6. The van der Waals surface area contributed by atoms with Gasteiger partial charge in [0.15, 0.2) is 0 Å². The summed E-state index contributed by atoms with van der Waals surface area (Å²) in [4.78, 5) is 31.4. The number of nitrogens with zero attached hydrogens (tertiary/aromatic N) is 6. The van der Waals surface area contributed by atoms with E-state index in [1.165, 1.54) is 24.4 Å². The van der Waals surface area contributed by atoms with Gasteiger partial charge in [0, 0.05) is 56.9 Å². The van der Waals surface area contributed by atoms with Crippen molar-refractivity contribution < 1.29 is 13.6 Å². The van der Waals surface area contributed by atoms with Gasteiger partial charge in [-0.2, -0.15) is 0 Å². The molecule has 0 spiro atoms. The average molecular weight is 448 g/mol. The minimum absolute atomic E-state index is 0.215. The maximum absolute atomic E-state index is 14.4. The van der Waals surface area contributed by atoms with Gasteiger partial charge in [0.05, 0.1) is 11.3 Å². The maximum Gasteiger partial charge on any atom is 0.254 e. The van der Waals surface area contributed by atoms with Crippen molar-refractivity contribution >= 4 is 23.8 Å². The number of piperazine rings is 1. The van der Waals surface area contributed by atoms with Crippen molar-refractivity contribution in [2.45, 2.75) is 6.54 Å². The van der Waals surface area contributed by atoms with E-state index in [0.717, 1.165) is 0 Å². The molecule has 0 aliphatic carbocycles. The molecule has 168 valence electrons. The Labute approximate surface area is 190 Å². The van der Waals surface area contributed by atoms with Crippen LogP contribution in [0, 0.1) is 11.6 Å². The van der Waals surface area contributed by atoms with Gasteiger partial charge >= 0.3 is 0 Å². The SMILES string of the molecule is O=C(c1cc(F)cc(CN2CN=Cc3c(F)cccc32)c1)N1CCN(c2ncccn2)CC1. The zero-order valence-corrected chi connectivity index (χ0v) is 17.9. The Hall–Kier alpha value is -3.88. The highest BCUT2D eigenvalue weighted by atomic mass is 19.1. The van der Waals surface area contributed by atoms with Crippen LogP contribution >= 0.6 is 0 Å². The maximum atomic E-state index is 14.4. The van der Waals surface area contributed by atoms with Gasteiger partial charge in [-0.1, -0.05) is 6.07 Å². The van der Waals surface area contributed by atoms with Crippen LogP contribution < -0.4 is 9.80 Å². The highest BCUT2D eigenvalue weighted by Gasteiger charge is 2.24. The van der Waals surface area contributed by atoms with Gasteiger partial charge in [-0.15, -0.1) is 0 Å². The van der Waals surface area contributed by atoms with Gasteiger partial charge < -0.3 is 14.7 Å². The summed E-state index contributed by atoms with van der Waals surface area (Å²) in [6, 6.07) is 11.0. The lowest BCUT2D eigenvalue weighted by Gasteiger charge is -2.34. The normalized spacial score (nSPS) is 15.5. The molecule has 0 unspecified atom stereocenters. The third-order valence-electron chi connectivity index (χ3n) is 5.82. The summed E-state index contributed by atoms with van der Waals surface area (Å²) >= 11 is 0. The van der Waals surface area contributed by atoms with Gasteiger partial charge in [-0.05, 0) is 42.0 Å². The number of rotatable bonds is 4. The zero-order chi connectivity index (χ0) is 22.8. The number of amides is 1. The molecule has 2 aliphatic heterocycles. The van der Waals surface area contributed by atoms with Crippen LogP contribution in [0.2, 0.25) is 0 Å². The number of aromatic nitrogens is 2. The van der Waals surface area contributed by atoms with Crippen molar-refractivity contribution in [3.63, 3.8) is 0 Å². The van der Waals surface area contributed by atoms with Crippen molar-refractivity contribution in [2.24, 2.45) is 4.99 Å². The number of carbonyl (C=O) groups is 1. The van der Waals surface area contributed by atoms with Crippen LogP contribution in [0.15, 0.2) is 59.9 Å². The number of aliphatic imine (C=N–C) groups is 1. The van der Waals surface area contributed by atoms with Gasteiger partial charge in [0.1, 0.15) is 18.3 Å². The molecule has 5 rings (SSSR count). The molecule has 2 aliphatic rings. The molecule has 1 amide bonds. The Morgan fingerprint density at radius 2 is 1.76 bits per heavy atom. The first-order valence-corrected chi connectivity index (χ1v) is 10.7. The summed E-state index contributed by atoms with van der Waals surface area (Å²) in [7, 11) is 0. The molecular formula is C24H22F2N6O. The smallest absolute Gasteiger partial charge is 0.254 e. The Morgan fingerprint density at radius 1 is 0.970 bits per heavy atom. The number of fused-ring (bicyclic) bond motifs is 1. The third-order valence-corrected chi connectivity index (χ3v) is 5.82. The number of halogens is 2. The lowest BCUT2D eigenvalue weighted by atomic mass is 10.1. The molecular weight excluding hydrogens is 426 g/mol. The molecule has 1 saturated heterocycles. The molecule has 0 bridgehead atoms.